The van der Waals surface area contributed by atoms with Crippen molar-refractivity contribution in [2.75, 3.05) is 18.9 Å². The van der Waals surface area contributed by atoms with Gasteiger partial charge in [-0.3, -0.25) is 4.79 Å². The van der Waals surface area contributed by atoms with Gasteiger partial charge in [0.2, 0.25) is 10.0 Å². The second kappa shape index (κ2) is 14.0. The van der Waals surface area contributed by atoms with E-state index in [1.807, 2.05) is 0 Å². The summed E-state index contributed by atoms with van der Waals surface area (Å²) >= 11 is 11.8. The Kier molecular flexibility index (Phi) is 12.6. The number of benzene rings is 1. The van der Waals surface area contributed by atoms with Gasteiger partial charge in [-0.1, -0.05) is 36.0 Å². The van der Waals surface area contributed by atoms with Crippen LogP contribution in [-0.2, 0) is 14.8 Å². The maximum Gasteiger partial charge on any atom is 0.303 e. The van der Waals surface area contributed by atoms with E-state index in [2.05, 4.69) is 4.72 Å². The fraction of sp³-hybridized carbons (Fsp3) is 0.632. The van der Waals surface area contributed by atoms with E-state index in [9.17, 15) is 18.3 Å². The maximum atomic E-state index is 11.9. The molecule has 0 bridgehead atoms. The summed E-state index contributed by atoms with van der Waals surface area (Å²) in [5.41, 5.74) is 0. The highest BCUT2D eigenvalue weighted by atomic mass is 35.5. The third-order valence-electron chi connectivity index (χ3n) is 4.16. The Morgan fingerprint density at radius 3 is 2.52 bits per heavy atom. The van der Waals surface area contributed by atoms with E-state index in [-0.39, 0.29) is 18.8 Å². The van der Waals surface area contributed by atoms with Crippen molar-refractivity contribution < 1.29 is 28.2 Å². The van der Waals surface area contributed by atoms with E-state index in [1.165, 1.54) is 0 Å². The van der Waals surface area contributed by atoms with Crippen molar-refractivity contribution in [3.05, 3.63) is 28.2 Å². The van der Waals surface area contributed by atoms with Crippen molar-refractivity contribution in [2.24, 2.45) is 0 Å². The van der Waals surface area contributed by atoms with Crippen LogP contribution in [0, 0.1) is 0 Å². The van der Waals surface area contributed by atoms with Gasteiger partial charge in [-0.2, -0.15) is 0 Å². The van der Waals surface area contributed by atoms with Crippen molar-refractivity contribution in [3.8, 4) is 5.75 Å². The lowest BCUT2D eigenvalue weighted by Crippen LogP contribution is -2.27. The third kappa shape index (κ3) is 13.0. The van der Waals surface area contributed by atoms with Crippen LogP contribution >= 0.6 is 23.2 Å². The molecule has 1 atom stereocenters. The molecular weight excluding hydrogens is 441 g/mol. The molecule has 166 valence electrons. The standard InChI is InChI=1S/C19H29Cl2NO6S/c20-15-9-10-18(17(21)13-15)28-14-16(23)7-4-6-12-29(26,27)22-11-5-2-1-3-8-19(24)25/h9-10,13,16,22-23H,1-8,11-12,14H2,(H,24,25). The van der Waals surface area contributed by atoms with Crippen molar-refractivity contribution in [2.45, 2.75) is 57.5 Å². The normalized spacial score (nSPS) is 12.7. The molecule has 0 aliphatic carbocycles. The van der Waals surface area contributed by atoms with Crippen LogP contribution in [0.4, 0.5) is 0 Å². The molecule has 0 aliphatic rings. The van der Waals surface area contributed by atoms with Crippen LogP contribution in [0.1, 0.15) is 51.4 Å². The first-order valence-electron chi connectivity index (χ1n) is 9.64. The summed E-state index contributed by atoms with van der Waals surface area (Å²) in [5.74, 6) is -0.371. The van der Waals surface area contributed by atoms with Crippen LogP contribution in [0.2, 0.25) is 10.0 Å². The van der Waals surface area contributed by atoms with Gasteiger partial charge in [0.1, 0.15) is 12.4 Å². The summed E-state index contributed by atoms with van der Waals surface area (Å²) in [4.78, 5) is 10.4. The Labute approximate surface area is 182 Å². The smallest absolute Gasteiger partial charge is 0.303 e. The molecule has 1 aromatic rings. The number of aliphatic hydroxyl groups is 1. The number of carboxylic acid groups (broad SMARTS) is 1. The van der Waals surface area contributed by atoms with Crippen molar-refractivity contribution in [1.29, 1.82) is 0 Å². The number of aliphatic carboxylic acids is 1. The van der Waals surface area contributed by atoms with Crippen molar-refractivity contribution >= 4 is 39.2 Å². The minimum atomic E-state index is -3.34. The number of hydrogen-bond donors (Lipinski definition) is 3. The zero-order valence-corrected chi connectivity index (χ0v) is 18.6. The summed E-state index contributed by atoms with van der Waals surface area (Å²) in [6.45, 7) is 0.419. The lowest BCUT2D eigenvalue weighted by Gasteiger charge is -2.13. The van der Waals surface area contributed by atoms with Crippen LogP contribution in [0.5, 0.6) is 5.75 Å². The molecule has 0 radical (unpaired) electrons. The molecule has 0 spiro atoms. The predicted octanol–water partition coefficient (Wildman–Crippen LogP) is 3.86. The van der Waals surface area contributed by atoms with Crippen LogP contribution < -0.4 is 9.46 Å². The van der Waals surface area contributed by atoms with Gasteiger partial charge in [0.05, 0.1) is 16.9 Å². The lowest BCUT2D eigenvalue weighted by atomic mass is 10.1. The second-order valence-electron chi connectivity index (χ2n) is 6.81. The summed E-state index contributed by atoms with van der Waals surface area (Å²) in [6.07, 6.45) is 3.69. The topological polar surface area (TPSA) is 113 Å². The second-order valence-corrected chi connectivity index (χ2v) is 9.58. The number of rotatable bonds is 16. The highest BCUT2D eigenvalue weighted by molar-refractivity contribution is 7.89. The Hall–Kier alpha value is -1.06. The molecule has 0 aromatic heterocycles. The Bertz CT molecular complexity index is 729. The van der Waals surface area contributed by atoms with Gasteiger partial charge < -0.3 is 14.9 Å². The quantitative estimate of drug-likeness (QED) is 0.316. The van der Waals surface area contributed by atoms with Crippen LogP contribution in [0.15, 0.2) is 18.2 Å². The molecule has 0 saturated carbocycles. The van der Waals surface area contributed by atoms with Gasteiger partial charge >= 0.3 is 5.97 Å². The largest absolute Gasteiger partial charge is 0.489 e. The van der Waals surface area contributed by atoms with Crippen molar-refractivity contribution in [3.63, 3.8) is 0 Å². The molecule has 10 heteroatoms. The number of nitrogens with one attached hydrogen (secondary N) is 1. The van der Waals surface area contributed by atoms with E-state index in [0.717, 1.165) is 12.8 Å². The van der Waals surface area contributed by atoms with E-state index in [0.29, 0.717) is 54.4 Å². The van der Waals surface area contributed by atoms with Gasteiger partial charge in [0, 0.05) is 18.0 Å². The number of carboxylic acids is 1. The summed E-state index contributed by atoms with van der Waals surface area (Å²) in [6, 6.07) is 4.82. The van der Waals surface area contributed by atoms with Crippen LogP contribution in [0.3, 0.4) is 0 Å². The minimum absolute atomic E-state index is 0.00258. The number of ether oxygens (including phenoxy) is 1. The molecule has 0 fully saturated rings. The SMILES string of the molecule is O=C(O)CCCCCCNS(=O)(=O)CCCCC(O)COc1ccc(Cl)cc1Cl. The van der Waals surface area contributed by atoms with E-state index >= 15 is 0 Å². The van der Waals surface area contributed by atoms with Crippen LogP contribution in [0.25, 0.3) is 0 Å². The minimum Gasteiger partial charge on any atom is -0.489 e. The monoisotopic (exact) mass is 469 g/mol. The molecule has 0 saturated heterocycles. The fourth-order valence-electron chi connectivity index (χ4n) is 2.59. The number of aliphatic hydroxyl groups excluding tert-OH is 1. The predicted molar refractivity (Wildman–Crippen MR) is 114 cm³/mol. The first-order valence-corrected chi connectivity index (χ1v) is 12.1. The molecule has 0 aliphatic heterocycles. The van der Waals surface area contributed by atoms with Gasteiger partial charge in [0.25, 0.3) is 0 Å². The molecule has 29 heavy (non-hydrogen) atoms. The Balaban J connectivity index is 2.10. The number of hydrogen-bond acceptors (Lipinski definition) is 5. The van der Waals surface area contributed by atoms with E-state index in [4.69, 9.17) is 33.0 Å². The Morgan fingerprint density at radius 1 is 1.10 bits per heavy atom. The average Bonchev–Trinajstić information content (AvgIpc) is 2.63. The zero-order valence-electron chi connectivity index (χ0n) is 16.3. The zero-order chi connectivity index (χ0) is 21.7. The summed E-state index contributed by atoms with van der Waals surface area (Å²) in [5, 5.41) is 19.4. The molecule has 0 heterocycles. The third-order valence-corrected chi connectivity index (χ3v) is 6.17. The Morgan fingerprint density at radius 2 is 1.83 bits per heavy atom. The van der Waals surface area contributed by atoms with E-state index < -0.39 is 22.1 Å². The average molecular weight is 470 g/mol. The van der Waals surface area contributed by atoms with Gasteiger partial charge in [0.15, 0.2) is 0 Å². The summed E-state index contributed by atoms with van der Waals surface area (Å²) in [7, 11) is -3.34. The first-order chi connectivity index (χ1) is 13.7. The van der Waals surface area contributed by atoms with Gasteiger partial charge in [-0.05, 0) is 50.3 Å². The maximum absolute atomic E-state index is 11.9. The van der Waals surface area contributed by atoms with E-state index in [1.54, 1.807) is 18.2 Å². The van der Waals surface area contributed by atoms with Crippen molar-refractivity contribution in [1.82, 2.24) is 4.72 Å². The summed E-state index contributed by atoms with van der Waals surface area (Å²) < 4.78 is 31.9. The highest BCUT2D eigenvalue weighted by Crippen LogP contribution is 2.27. The number of sulfonamides is 1. The molecule has 0 amide bonds. The number of unbranched alkanes of at least 4 members (excludes halogenated alkanes) is 4. The molecular formula is C19H29Cl2NO6S. The highest BCUT2D eigenvalue weighted by Gasteiger charge is 2.11. The number of carbonyl (C=O) groups is 1. The van der Waals surface area contributed by atoms with Gasteiger partial charge in [-0.15, -0.1) is 0 Å². The molecule has 1 rings (SSSR count). The molecule has 7 nitrogen and oxygen atoms in total. The lowest BCUT2D eigenvalue weighted by molar-refractivity contribution is -0.137. The van der Waals surface area contributed by atoms with Gasteiger partial charge in [-0.25, -0.2) is 13.1 Å². The molecule has 3 N–H and O–H groups in total. The number of halogens is 2. The fourth-order valence-corrected chi connectivity index (χ4v) is 4.24. The molecule has 1 aromatic carbocycles. The van der Waals surface area contributed by atoms with Crippen LogP contribution in [-0.4, -0.2) is 49.6 Å². The molecule has 1 unspecified atom stereocenters. The first kappa shape index (κ1) is 26.0.